The van der Waals surface area contributed by atoms with Crippen molar-refractivity contribution in [3.63, 3.8) is 0 Å². The summed E-state index contributed by atoms with van der Waals surface area (Å²) in [5, 5.41) is 3.93. The molecule has 2 rings (SSSR count). The number of nitrogens with one attached hydrogen (secondary N) is 3. The van der Waals surface area contributed by atoms with Crippen molar-refractivity contribution < 1.29 is 9.53 Å². The number of carbonyl (C=O) groups is 1. The van der Waals surface area contributed by atoms with Crippen molar-refractivity contribution in [2.75, 3.05) is 6.61 Å². The van der Waals surface area contributed by atoms with Crippen LogP contribution in [0.1, 0.15) is 36.6 Å². The van der Waals surface area contributed by atoms with Crippen molar-refractivity contribution in [1.82, 2.24) is 15.4 Å². The minimum atomic E-state index is -0.561. The first kappa shape index (κ1) is 19.2. The molecule has 0 aliphatic heterocycles. The number of para-hydroxylation sites is 1. The molecule has 0 saturated carbocycles. The summed E-state index contributed by atoms with van der Waals surface area (Å²) in [7, 11) is 0. The summed E-state index contributed by atoms with van der Waals surface area (Å²) in [4.78, 5) is 39.5. The predicted octanol–water partition coefficient (Wildman–Crippen LogP) is 1.24. The lowest BCUT2D eigenvalue weighted by Crippen LogP contribution is -2.28. The number of benzene rings is 1. The molecule has 138 valence electrons. The van der Waals surface area contributed by atoms with Gasteiger partial charge in [0.2, 0.25) is 5.91 Å². The molecule has 0 fully saturated rings. The number of carbonyl (C=O) groups excluding carboxylic acids is 1. The van der Waals surface area contributed by atoms with Gasteiger partial charge in [-0.25, -0.2) is 10.2 Å². The molecule has 0 radical (unpaired) electrons. The summed E-state index contributed by atoms with van der Waals surface area (Å²) < 4.78 is 5.61. The SMILES string of the molecule is CCCOc1ccccc1/C=N/NC(=O)CCc1c(C)[nH]c(=O)[nH]c1=O. The van der Waals surface area contributed by atoms with Crippen molar-refractivity contribution in [1.29, 1.82) is 0 Å². The zero-order valence-electron chi connectivity index (χ0n) is 14.8. The molecule has 0 unspecified atom stereocenters. The van der Waals surface area contributed by atoms with Crippen molar-refractivity contribution in [2.24, 2.45) is 5.10 Å². The summed E-state index contributed by atoms with van der Waals surface area (Å²) in [6.45, 7) is 4.24. The van der Waals surface area contributed by atoms with Crippen LogP contribution in [0.5, 0.6) is 5.75 Å². The highest BCUT2D eigenvalue weighted by Gasteiger charge is 2.08. The minimum absolute atomic E-state index is 0.0707. The summed E-state index contributed by atoms with van der Waals surface area (Å²) in [5.74, 6) is 0.362. The molecule has 0 aliphatic carbocycles. The first-order chi connectivity index (χ1) is 12.5. The van der Waals surface area contributed by atoms with Gasteiger partial charge in [0.1, 0.15) is 5.75 Å². The van der Waals surface area contributed by atoms with Gasteiger partial charge in [0.25, 0.3) is 5.56 Å². The smallest absolute Gasteiger partial charge is 0.325 e. The van der Waals surface area contributed by atoms with Gasteiger partial charge in [0, 0.05) is 23.2 Å². The number of hydrogen-bond donors (Lipinski definition) is 3. The van der Waals surface area contributed by atoms with E-state index in [0.29, 0.717) is 23.6 Å². The monoisotopic (exact) mass is 358 g/mol. The fourth-order valence-electron chi connectivity index (χ4n) is 2.33. The van der Waals surface area contributed by atoms with Gasteiger partial charge < -0.3 is 9.72 Å². The van der Waals surface area contributed by atoms with E-state index in [-0.39, 0.29) is 18.7 Å². The first-order valence-electron chi connectivity index (χ1n) is 8.37. The Balaban J connectivity index is 1.92. The minimum Gasteiger partial charge on any atom is -0.493 e. The van der Waals surface area contributed by atoms with E-state index in [1.807, 2.05) is 31.2 Å². The lowest BCUT2D eigenvalue weighted by molar-refractivity contribution is -0.121. The van der Waals surface area contributed by atoms with Crippen LogP contribution in [-0.4, -0.2) is 28.7 Å². The van der Waals surface area contributed by atoms with Crippen LogP contribution in [0.15, 0.2) is 39.0 Å². The second kappa shape index (κ2) is 9.36. The molecule has 3 N–H and O–H groups in total. The van der Waals surface area contributed by atoms with E-state index in [9.17, 15) is 14.4 Å². The highest BCUT2D eigenvalue weighted by atomic mass is 16.5. The Labute approximate surface area is 150 Å². The van der Waals surface area contributed by atoms with Crippen LogP contribution in [0.25, 0.3) is 0 Å². The summed E-state index contributed by atoms with van der Waals surface area (Å²) in [6.07, 6.45) is 2.68. The topological polar surface area (TPSA) is 116 Å². The molecular formula is C18H22N4O4. The van der Waals surface area contributed by atoms with Crippen molar-refractivity contribution >= 4 is 12.1 Å². The maximum atomic E-state index is 11.9. The van der Waals surface area contributed by atoms with E-state index in [1.54, 1.807) is 6.92 Å². The van der Waals surface area contributed by atoms with Gasteiger partial charge in [-0.3, -0.25) is 14.6 Å². The highest BCUT2D eigenvalue weighted by Crippen LogP contribution is 2.15. The van der Waals surface area contributed by atoms with Gasteiger partial charge in [-0.2, -0.15) is 5.10 Å². The third kappa shape index (κ3) is 5.44. The molecule has 1 aromatic carbocycles. The maximum absolute atomic E-state index is 11.9. The van der Waals surface area contributed by atoms with Gasteiger partial charge in [0.05, 0.1) is 12.8 Å². The quantitative estimate of drug-likeness (QED) is 0.486. The largest absolute Gasteiger partial charge is 0.493 e. The number of aryl methyl sites for hydroxylation is 1. The van der Waals surface area contributed by atoms with E-state index in [4.69, 9.17) is 4.74 Å². The van der Waals surface area contributed by atoms with Crippen LogP contribution < -0.4 is 21.4 Å². The Kier molecular flexibility index (Phi) is 6.90. The summed E-state index contributed by atoms with van der Waals surface area (Å²) in [6, 6.07) is 7.39. The number of ether oxygens (including phenoxy) is 1. The summed E-state index contributed by atoms with van der Waals surface area (Å²) >= 11 is 0. The molecule has 8 nitrogen and oxygen atoms in total. The van der Waals surface area contributed by atoms with E-state index < -0.39 is 11.2 Å². The number of H-pyrrole nitrogens is 2. The van der Waals surface area contributed by atoms with Crippen molar-refractivity contribution in [3.8, 4) is 5.75 Å². The number of hydrogen-bond acceptors (Lipinski definition) is 5. The zero-order chi connectivity index (χ0) is 18.9. The molecule has 8 heteroatoms. The molecule has 0 bridgehead atoms. The van der Waals surface area contributed by atoms with E-state index >= 15 is 0 Å². The Morgan fingerprint density at radius 1 is 1.27 bits per heavy atom. The lowest BCUT2D eigenvalue weighted by atomic mass is 10.1. The van der Waals surface area contributed by atoms with E-state index in [0.717, 1.165) is 12.0 Å². The van der Waals surface area contributed by atoms with Crippen LogP contribution >= 0.6 is 0 Å². The van der Waals surface area contributed by atoms with Crippen LogP contribution in [0.2, 0.25) is 0 Å². The number of nitrogens with zero attached hydrogens (tertiary/aromatic N) is 1. The fourth-order valence-corrected chi connectivity index (χ4v) is 2.33. The number of aromatic amines is 2. The Morgan fingerprint density at radius 3 is 2.77 bits per heavy atom. The fraction of sp³-hybridized carbons (Fsp3) is 0.333. The molecule has 2 aromatic rings. The molecular weight excluding hydrogens is 336 g/mol. The number of amides is 1. The Morgan fingerprint density at radius 2 is 2.04 bits per heavy atom. The van der Waals surface area contributed by atoms with Crippen LogP contribution in [0.3, 0.4) is 0 Å². The molecule has 0 saturated heterocycles. The average Bonchev–Trinajstić information content (AvgIpc) is 2.60. The molecule has 26 heavy (non-hydrogen) atoms. The van der Waals surface area contributed by atoms with Gasteiger partial charge in [-0.1, -0.05) is 19.1 Å². The lowest BCUT2D eigenvalue weighted by Gasteiger charge is -2.07. The predicted molar refractivity (Wildman–Crippen MR) is 98.7 cm³/mol. The Bertz CT molecular complexity index is 899. The van der Waals surface area contributed by atoms with E-state index in [1.165, 1.54) is 6.21 Å². The average molecular weight is 358 g/mol. The van der Waals surface area contributed by atoms with Crippen molar-refractivity contribution in [2.45, 2.75) is 33.1 Å². The van der Waals surface area contributed by atoms with Gasteiger partial charge in [0.15, 0.2) is 0 Å². The van der Waals surface area contributed by atoms with Gasteiger partial charge >= 0.3 is 5.69 Å². The third-order valence-electron chi connectivity index (χ3n) is 3.63. The molecule has 0 atom stereocenters. The van der Waals surface area contributed by atoms with Crippen molar-refractivity contribution in [3.05, 3.63) is 61.9 Å². The molecule has 1 heterocycles. The van der Waals surface area contributed by atoms with Gasteiger partial charge in [-0.05, 0) is 31.9 Å². The number of aromatic nitrogens is 2. The second-order valence-corrected chi connectivity index (χ2v) is 5.69. The molecule has 1 aromatic heterocycles. The maximum Gasteiger partial charge on any atom is 0.325 e. The van der Waals surface area contributed by atoms with Gasteiger partial charge in [-0.15, -0.1) is 0 Å². The normalized spacial score (nSPS) is 10.8. The number of rotatable bonds is 8. The first-order valence-corrected chi connectivity index (χ1v) is 8.37. The summed E-state index contributed by atoms with van der Waals surface area (Å²) in [5.41, 5.74) is 2.97. The van der Waals surface area contributed by atoms with E-state index in [2.05, 4.69) is 20.5 Å². The second-order valence-electron chi connectivity index (χ2n) is 5.69. The zero-order valence-corrected chi connectivity index (χ0v) is 14.8. The van der Waals surface area contributed by atoms with Crippen LogP contribution in [0, 0.1) is 6.92 Å². The standard InChI is InChI=1S/C18H22N4O4/c1-3-10-26-15-7-5-4-6-13(15)11-19-22-16(23)9-8-14-12(2)20-18(25)21-17(14)24/h4-7,11H,3,8-10H2,1-2H3,(H,22,23)(H2,20,21,24,25)/b19-11+. The number of hydrazone groups is 1. The third-order valence-corrected chi connectivity index (χ3v) is 3.63. The highest BCUT2D eigenvalue weighted by molar-refractivity contribution is 5.85. The molecule has 0 spiro atoms. The van der Waals surface area contributed by atoms with Crippen LogP contribution in [-0.2, 0) is 11.2 Å². The molecule has 0 aliphatic rings. The Hall–Kier alpha value is -3.16. The van der Waals surface area contributed by atoms with Crippen LogP contribution in [0.4, 0.5) is 0 Å². The molecule has 1 amide bonds.